The second-order valence-corrected chi connectivity index (χ2v) is 5.24. The minimum atomic E-state index is -0.625. The summed E-state index contributed by atoms with van der Waals surface area (Å²) in [5.41, 5.74) is 0.0395. The summed E-state index contributed by atoms with van der Waals surface area (Å²) in [5.74, 6) is -0.284. The highest BCUT2D eigenvalue weighted by Crippen LogP contribution is 2.21. The number of nitriles is 1. The number of nitrogens with one attached hydrogen (secondary N) is 1. The van der Waals surface area contributed by atoms with E-state index in [1.807, 2.05) is 6.92 Å². The van der Waals surface area contributed by atoms with Gasteiger partial charge in [-0.2, -0.15) is 5.26 Å². The van der Waals surface area contributed by atoms with Crippen LogP contribution in [0.25, 0.3) is 0 Å². The number of halogens is 1. The lowest BCUT2D eigenvalue weighted by molar-refractivity contribution is 0.521. The van der Waals surface area contributed by atoms with Crippen molar-refractivity contribution in [1.29, 1.82) is 5.26 Å². The molecule has 1 aromatic carbocycles. The quantitative estimate of drug-likeness (QED) is 0.678. The van der Waals surface area contributed by atoms with Crippen LogP contribution in [0.2, 0.25) is 0 Å². The lowest BCUT2D eigenvalue weighted by Crippen LogP contribution is -2.32. The van der Waals surface area contributed by atoms with Gasteiger partial charge in [-0.1, -0.05) is 45.1 Å². The van der Waals surface area contributed by atoms with E-state index in [0.717, 1.165) is 19.3 Å². The van der Waals surface area contributed by atoms with E-state index in [-0.39, 0.29) is 5.82 Å². The molecule has 0 bridgehead atoms. The molecule has 19 heavy (non-hydrogen) atoms. The molecular weight excluding hydrogens is 239 g/mol. The molecule has 0 aliphatic carbocycles. The van der Waals surface area contributed by atoms with Crippen LogP contribution < -0.4 is 5.32 Å². The molecule has 0 aromatic heterocycles. The first-order valence-corrected chi connectivity index (χ1v) is 7.04. The van der Waals surface area contributed by atoms with Gasteiger partial charge >= 0.3 is 0 Å². The maximum atomic E-state index is 13.1. The zero-order valence-electron chi connectivity index (χ0n) is 11.9. The maximum absolute atomic E-state index is 13.1. The Bertz CT molecular complexity index is 425. The maximum Gasteiger partial charge on any atom is 0.125 e. The van der Waals surface area contributed by atoms with Gasteiger partial charge in [0.25, 0.3) is 0 Å². The van der Waals surface area contributed by atoms with Crippen molar-refractivity contribution in [2.24, 2.45) is 0 Å². The lowest BCUT2D eigenvalue weighted by atomic mass is 9.95. The molecule has 0 heterocycles. The zero-order valence-corrected chi connectivity index (χ0v) is 11.9. The Morgan fingerprint density at radius 1 is 1.26 bits per heavy atom. The minimum absolute atomic E-state index is 0.284. The first-order chi connectivity index (χ1) is 9.09. The van der Waals surface area contributed by atoms with Crippen molar-refractivity contribution in [1.82, 2.24) is 0 Å². The minimum Gasteiger partial charge on any atom is -0.368 e. The van der Waals surface area contributed by atoms with Crippen LogP contribution in [-0.4, -0.2) is 5.54 Å². The third kappa shape index (κ3) is 5.74. The molecule has 1 atom stereocenters. The number of hydrogen-bond acceptors (Lipinski definition) is 2. The highest BCUT2D eigenvalue weighted by Gasteiger charge is 2.22. The van der Waals surface area contributed by atoms with Gasteiger partial charge in [0.2, 0.25) is 0 Å². The number of nitrogens with zero attached hydrogens (tertiary/aromatic N) is 1. The SMILES string of the molecule is CCCCCCCC(C)(C#N)Nc1cccc(F)c1. The van der Waals surface area contributed by atoms with Gasteiger partial charge in [0.15, 0.2) is 0 Å². The van der Waals surface area contributed by atoms with E-state index in [1.165, 1.54) is 31.4 Å². The summed E-state index contributed by atoms with van der Waals surface area (Å²) >= 11 is 0. The Morgan fingerprint density at radius 3 is 2.63 bits per heavy atom. The molecule has 0 saturated heterocycles. The molecule has 1 unspecified atom stereocenters. The molecule has 1 N–H and O–H groups in total. The van der Waals surface area contributed by atoms with E-state index >= 15 is 0 Å². The van der Waals surface area contributed by atoms with Crippen LogP contribution >= 0.6 is 0 Å². The van der Waals surface area contributed by atoms with Gasteiger partial charge in [-0.25, -0.2) is 4.39 Å². The fourth-order valence-corrected chi connectivity index (χ4v) is 2.11. The predicted octanol–water partition coefficient (Wildman–Crippen LogP) is 4.88. The van der Waals surface area contributed by atoms with Gasteiger partial charge in [0.05, 0.1) is 6.07 Å². The number of unbranched alkanes of at least 4 members (excludes halogenated alkanes) is 4. The van der Waals surface area contributed by atoms with Crippen LogP contribution in [0.15, 0.2) is 24.3 Å². The van der Waals surface area contributed by atoms with Crippen molar-refractivity contribution in [3.8, 4) is 6.07 Å². The van der Waals surface area contributed by atoms with Crippen LogP contribution in [0.4, 0.5) is 10.1 Å². The molecule has 104 valence electrons. The van der Waals surface area contributed by atoms with Crippen molar-refractivity contribution >= 4 is 5.69 Å². The summed E-state index contributed by atoms with van der Waals surface area (Å²) in [5, 5.41) is 12.4. The number of hydrogen-bond donors (Lipinski definition) is 1. The van der Waals surface area contributed by atoms with Crippen molar-refractivity contribution in [3.63, 3.8) is 0 Å². The Labute approximate surface area is 115 Å². The fraction of sp³-hybridized carbons (Fsp3) is 0.562. The summed E-state index contributed by atoms with van der Waals surface area (Å²) in [7, 11) is 0. The van der Waals surface area contributed by atoms with Gasteiger partial charge < -0.3 is 5.32 Å². The molecule has 3 heteroatoms. The number of rotatable bonds is 8. The molecule has 0 spiro atoms. The molecule has 2 nitrogen and oxygen atoms in total. The summed E-state index contributed by atoms with van der Waals surface area (Å²) < 4.78 is 13.1. The van der Waals surface area contributed by atoms with Gasteiger partial charge in [-0.15, -0.1) is 0 Å². The summed E-state index contributed by atoms with van der Waals surface area (Å²) in [6.45, 7) is 4.06. The molecule has 1 rings (SSSR count). The Kier molecular flexibility index (Phi) is 6.35. The van der Waals surface area contributed by atoms with Crippen LogP contribution in [0.3, 0.4) is 0 Å². The van der Waals surface area contributed by atoms with Crippen molar-refractivity contribution in [2.45, 2.75) is 57.9 Å². The van der Waals surface area contributed by atoms with Gasteiger partial charge in [-0.05, 0) is 31.5 Å². The highest BCUT2D eigenvalue weighted by atomic mass is 19.1. The Balaban J connectivity index is 2.49. The third-order valence-electron chi connectivity index (χ3n) is 3.27. The molecule has 0 aliphatic heterocycles. The summed E-state index contributed by atoms with van der Waals surface area (Å²) in [6, 6.07) is 8.57. The largest absolute Gasteiger partial charge is 0.368 e. The third-order valence-corrected chi connectivity index (χ3v) is 3.27. The van der Waals surface area contributed by atoms with Gasteiger partial charge in [0, 0.05) is 5.69 Å². The number of benzene rings is 1. The first-order valence-electron chi connectivity index (χ1n) is 7.04. The van der Waals surface area contributed by atoms with Crippen molar-refractivity contribution in [2.75, 3.05) is 5.32 Å². The van der Waals surface area contributed by atoms with E-state index < -0.39 is 5.54 Å². The van der Waals surface area contributed by atoms with E-state index in [0.29, 0.717) is 5.69 Å². The Hall–Kier alpha value is -1.56. The predicted molar refractivity (Wildman–Crippen MR) is 77.4 cm³/mol. The van der Waals surface area contributed by atoms with Crippen LogP contribution in [-0.2, 0) is 0 Å². The summed E-state index contributed by atoms with van der Waals surface area (Å²) in [6.07, 6.45) is 6.64. The highest BCUT2D eigenvalue weighted by molar-refractivity contribution is 5.47. The normalized spacial score (nSPS) is 13.6. The van der Waals surface area contributed by atoms with E-state index in [4.69, 9.17) is 0 Å². The zero-order chi connectivity index (χ0) is 14.1. The van der Waals surface area contributed by atoms with E-state index in [2.05, 4.69) is 18.3 Å². The van der Waals surface area contributed by atoms with Gasteiger partial charge in [-0.3, -0.25) is 0 Å². The molecule has 0 saturated carbocycles. The monoisotopic (exact) mass is 262 g/mol. The molecule has 0 radical (unpaired) electrons. The van der Waals surface area contributed by atoms with Crippen LogP contribution in [0, 0.1) is 17.1 Å². The standard InChI is InChI=1S/C16H23FN2/c1-3-4-5-6-7-11-16(2,13-18)19-15-10-8-9-14(17)12-15/h8-10,12,19H,3-7,11H2,1-2H3. The smallest absolute Gasteiger partial charge is 0.125 e. The lowest BCUT2D eigenvalue weighted by Gasteiger charge is -2.24. The van der Waals surface area contributed by atoms with Crippen molar-refractivity contribution < 1.29 is 4.39 Å². The molecule has 0 amide bonds. The molecule has 0 aliphatic rings. The van der Waals surface area contributed by atoms with Crippen molar-refractivity contribution in [3.05, 3.63) is 30.1 Å². The first kappa shape index (κ1) is 15.5. The molecular formula is C16H23FN2. The van der Waals surface area contributed by atoms with Gasteiger partial charge in [0.1, 0.15) is 11.4 Å². The Morgan fingerprint density at radius 2 is 2.00 bits per heavy atom. The second-order valence-electron chi connectivity index (χ2n) is 5.24. The van der Waals surface area contributed by atoms with Crippen LogP contribution in [0.5, 0.6) is 0 Å². The molecule has 0 fully saturated rings. The van der Waals surface area contributed by atoms with E-state index in [1.54, 1.807) is 12.1 Å². The average molecular weight is 262 g/mol. The topological polar surface area (TPSA) is 35.8 Å². The number of anilines is 1. The van der Waals surface area contributed by atoms with E-state index in [9.17, 15) is 9.65 Å². The fourth-order valence-electron chi connectivity index (χ4n) is 2.11. The molecule has 1 aromatic rings. The second kappa shape index (κ2) is 7.78. The van der Waals surface area contributed by atoms with Crippen LogP contribution in [0.1, 0.15) is 52.4 Å². The average Bonchev–Trinajstić information content (AvgIpc) is 2.38. The summed E-state index contributed by atoms with van der Waals surface area (Å²) in [4.78, 5) is 0.